The predicted molar refractivity (Wildman–Crippen MR) is 114 cm³/mol. The third-order valence-electron chi connectivity index (χ3n) is 4.08. The highest BCUT2D eigenvalue weighted by Gasteiger charge is 2.14. The molecule has 1 heterocycles. The Morgan fingerprint density at radius 3 is 2.52 bits per heavy atom. The van der Waals surface area contributed by atoms with Crippen LogP contribution in [0.25, 0.3) is 0 Å². The van der Waals surface area contributed by atoms with Crippen LogP contribution in [0.2, 0.25) is 0 Å². The molecule has 0 saturated heterocycles. The van der Waals surface area contributed by atoms with Crippen LogP contribution in [-0.2, 0) is 4.79 Å². The van der Waals surface area contributed by atoms with Crippen LogP contribution in [0.5, 0.6) is 17.2 Å². The minimum atomic E-state index is -0.638. The summed E-state index contributed by atoms with van der Waals surface area (Å²) in [5, 5.41) is 3.91. The molecule has 0 aliphatic rings. The first kappa shape index (κ1) is 21.6. The quantitative estimate of drug-likeness (QED) is 0.257. The van der Waals surface area contributed by atoms with Crippen molar-refractivity contribution in [1.82, 2.24) is 5.43 Å². The number of hydrazone groups is 1. The van der Waals surface area contributed by atoms with E-state index in [1.165, 1.54) is 25.7 Å². The van der Waals surface area contributed by atoms with Crippen LogP contribution in [0.15, 0.2) is 64.3 Å². The van der Waals surface area contributed by atoms with Crippen LogP contribution in [0.1, 0.15) is 27.2 Å². The molecule has 8 heteroatoms. The smallest absolute Gasteiger partial charge is 0.379 e. The highest BCUT2D eigenvalue weighted by Crippen LogP contribution is 2.28. The first-order chi connectivity index (χ1) is 14.9. The molecular formula is C23H22N2O6. The largest absolute Gasteiger partial charge is 0.493 e. The monoisotopic (exact) mass is 422 g/mol. The number of carbonyl (C=O) groups excluding carboxylic acids is 2. The van der Waals surface area contributed by atoms with Gasteiger partial charge < -0.3 is 18.6 Å². The first-order valence-electron chi connectivity index (χ1n) is 9.41. The van der Waals surface area contributed by atoms with E-state index >= 15 is 0 Å². The van der Waals surface area contributed by atoms with Crippen molar-refractivity contribution in [2.24, 2.45) is 5.10 Å². The Bertz CT molecular complexity index is 1070. The Hall–Kier alpha value is -4.07. The Labute approximate surface area is 179 Å². The van der Waals surface area contributed by atoms with Crippen LogP contribution in [0, 0.1) is 13.8 Å². The zero-order valence-electron chi connectivity index (χ0n) is 17.4. The number of amides is 1. The summed E-state index contributed by atoms with van der Waals surface area (Å²) >= 11 is 0. The summed E-state index contributed by atoms with van der Waals surface area (Å²) in [4.78, 5) is 24.0. The summed E-state index contributed by atoms with van der Waals surface area (Å²) in [6.45, 7) is 3.76. The molecule has 3 aromatic rings. The number of ether oxygens (including phenoxy) is 3. The number of furan rings is 1. The van der Waals surface area contributed by atoms with Gasteiger partial charge in [-0.1, -0.05) is 6.07 Å². The van der Waals surface area contributed by atoms with Crippen molar-refractivity contribution >= 4 is 18.1 Å². The van der Waals surface area contributed by atoms with Crippen molar-refractivity contribution in [3.05, 3.63) is 77.2 Å². The molecule has 31 heavy (non-hydrogen) atoms. The first-order valence-corrected chi connectivity index (χ1v) is 9.41. The zero-order chi connectivity index (χ0) is 22.2. The molecule has 0 fully saturated rings. The molecule has 3 rings (SSSR count). The number of esters is 1. The van der Waals surface area contributed by atoms with Gasteiger partial charge in [-0.3, -0.25) is 4.79 Å². The molecule has 1 N–H and O–H groups in total. The maximum Gasteiger partial charge on any atom is 0.379 e. The molecular weight excluding hydrogens is 400 g/mol. The van der Waals surface area contributed by atoms with Crippen LogP contribution < -0.4 is 19.6 Å². The number of benzene rings is 2. The van der Waals surface area contributed by atoms with Gasteiger partial charge in [0.1, 0.15) is 5.75 Å². The predicted octanol–water partition coefficient (Wildman–Crippen LogP) is 3.65. The van der Waals surface area contributed by atoms with E-state index in [1.54, 1.807) is 24.3 Å². The summed E-state index contributed by atoms with van der Waals surface area (Å²) in [5.74, 6) is 0.229. The van der Waals surface area contributed by atoms with Crippen molar-refractivity contribution in [1.29, 1.82) is 0 Å². The normalized spacial score (nSPS) is 10.7. The highest BCUT2D eigenvalue weighted by molar-refractivity contribution is 5.89. The van der Waals surface area contributed by atoms with Crippen LogP contribution >= 0.6 is 0 Å². The standard InChI is InChI=1S/C23H22N2O6/c1-15-9-16(2)11-18(10-15)30-14-22(26)25-24-13-17-6-7-19(21(12-17)28-3)31-23(27)20-5-4-8-29-20/h4-13H,14H2,1-3H3,(H,25,26)/b24-13+. The van der Waals surface area contributed by atoms with Gasteiger partial charge in [-0.25, -0.2) is 10.2 Å². The molecule has 0 spiro atoms. The number of nitrogens with zero attached hydrogens (tertiary/aromatic N) is 1. The van der Waals surface area contributed by atoms with E-state index in [4.69, 9.17) is 18.6 Å². The average Bonchev–Trinajstić information content (AvgIpc) is 3.27. The second-order valence-corrected chi connectivity index (χ2v) is 6.68. The Morgan fingerprint density at radius 1 is 1.06 bits per heavy atom. The average molecular weight is 422 g/mol. The second-order valence-electron chi connectivity index (χ2n) is 6.68. The maximum atomic E-state index is 12.0. The van der Waals surface area contributed by atoms with Gasteiger partial charge in [0.05, 0.1) is 19.6 Å². The van der Waals surface area contributed by atoms with Gasteiger partial charge >= 0.3 is 5.97 Å². The molecule has 1 amide bonds. The number of rotatable bonds is 8. The van der Waals surface area contributed by atoms with Crippen molar-refractivity contribution < 1.29 is 28.2 Å². The highest BCUT2D eigenvalue weighted by atomic mass is 16.6. The van der Waals surface area contributed by atoms with Crippen molar-refractivity contribution in [3.63, 3.8) is 0 Å². The third-order valence-corrected chi connectivity index (χ3v) is 4.08. The minimum absolute atomic E-state index is 0.0819. The van der Waals surface area contributed by atoms with Crippen LogP contribution in [-0.4, -0.2) is 31.8 Å². The molecule has 0 aliphatic carbocycles. The molecule has 8 nitrogen and oxygen atoms in total. The SMILES string of the molecule is COc1cc(/C=N/NC(=O)COc2cc(C)cc(C)c2)ccc1OC(=O)c1ccco1. The van der Waals surface area contributed by atoms with E-state index in [0.717, 1.165) is 11.1 Å². The number of methoxy groups -OCH3 is 1. The summed E-state index contributed by atoms with van der Waals surface area (Å²) in [7, 11) is 1.45. The van der Waals surface area contributed by atoms with Gasteiger partial charge in [0.25, 0.3) is 5.91 Å². The maximum absolute atomic E-state index is 12.0. The molecule has 0 unspecified atom stereocenters. The summed E-state index contributed by atoms with van der Waals surface area (Å²) in [5.41, 5.74) is 5.14. The molecule has 0 aliphatic heterocycles. The van der Waals surface area contributed by atoms with Crippen molar-refractivity contribution in [2.45, 2.75) is 13.8 Å². The summed E-state index contributed by atoms with van der Waals surface area (Å²) in [6.07, 6.45) is 2.82. The van der Waals surface area contributed by atoms with Gasteiger partial charge in [-0.2, -0.15) is 5.10 Å². The number of nitrogens with one attached hydrogen (secondary N) is 1. The summed E-state index contributed by atoms with van der Waals surface area (Å²) in [6, 6.07) is 13.7. The number of carbonyl (C=O) groups is 2. The Kier molecular flexibility index (Phi) is 7.05. The molecule has 0 saturated carbocycles. The van der Waals surface area contributed by atoms with Gasteiger partial charge in [0.2, 0.25) is 5.76 Å². The molecule has 0 radical (unpaired) electrons. The third kappa shape index (κ3) is 6.20. The molecule has 0 atom stereocenters. The van der Waals surface area contributed by atoms with Gasteiger partial charge in [-0.15, -0.1) is 0 Å². The second kappa shape index (κ2) is 10.1. The van der Waals surface area contributed by atoms with E-state index in [2.05, 4.69) is 10.5 Å². The number of hydrogen-bond donors (Lipinski definition) is 1. The van der Waals surface area contributed by atoms with Crippen LogP contribution in [0.3, 0.4) is 0 Å². The fraction of sp³-hybridized carbons (Fsp3) is 0.174. The fourth-order valence-corrected chi connectivity index (χ4v) is 2.77. The molecule has 2 aromatic carbocycles. The van der Waals surface area contributed by atoms with E-state index in [9.17, 15) is 9.59 Å². The lowest BCUT2D eigenvalue weighted by Gasteiger charge is -2.09. The molecule has 0 bridgehead atoms. The molecule has 160 valence electrons. The van der Waals surface area contributed by atoms with E-state index in [0.29, 0.717) is 17.1 Å². The van der Waals surface area contributed by atoms with Gasteiger partial charge in [0, 0.05) is 0 Å². The Balaban J connectivity index is 1.55. The number of hydrogen-bond acceptors (Lipinski definition) is 7. The topological polar surface area (TPSA) is 99.4 Å². The minimum Gasteiger partial charge on any atom is -0.493 e. The molecule has 1 aromatic heterocycles. The van der Waals surface area contributed by atoms with E-state index in [1.807, 2.05) is 32.0 Å². The zero-order valence-corrected chi connectivity index (χ0v) is 17.4. The summed E-state index contributed by atoms with van der Waals surface area (Å²) < 4.78 is 21.0. The lowest BCUT2D eigenvalue weighted by molar-refractivity contribution is -0.123. The van der Waals surface area contributed by atoms with Gasteiger partial charge in [0.15, 0.2) is 18.1 Å². The van der Waals surface area contributed by atoms with Crippen molar-refractivity contribution in [2.75, 3.05) is 13.7 Å². The Morgan fingerprint density at radius 2 is 1.84 bits per heavy atom. The van der Waals surface area contributed by atoms with E-state index in [-0.39, 0.29) is 18.1 Å². The number of aryl methyl sites for hydroxylation is 2. The van der Waals surface area contributed by atoms with E-state index < -0.39 is 11.9 Å². The lowest BCUT2D eigenvalue weighted by Crippen LogP contribution is -2.24. The van der Waals surface area contributed by atoms with Crippen LogP contribution in [0.4, 0.5) is 0 Å². The lowest BCUT2D eigenvalue weighted by atomic mass is 10.1. The van der Waals surface area contributed by atoms with Gasteiger partial charge in [-0.05, 0) is 73.0 Å². The fourth-order valence-electron chi connectivity index (χ4n) is 2.77. The van der Waals surface area contributed by atoms with Crippen molar-refractivity contribution in [3.8, 4) is 17.2 Å².